The molecule has 0 saturated carbocycles. The van der Waals surface area contributed by atoms with Crippen molar-refractivity contribution in [3.63, 3.8) is 0 Å². The molecule has 1 amide bonds. The molecule has 0 bridgehead atoms. The highest BCUT2D eigenvalue weighted by molar-refractivity contribution is 5.76. The fraction of sp³-hybridized carbons (Fsp3) is 0.500. The number of amides is 1. The summed E-state index contributed by atoms with van der Waals surface area (Å²) in [5, 5.41) is 3.62. The summed E-state index contributed by atoms with van der Waals surface area (Å²) in [6, 6.07) is 0.869. The summed E-state index contributed by atoms with van der Waals surface area (Å²) < 4.78 is 44.2. The van der Waals surface area contributed by atoms with E-state index in [1.54, 1.807) is 4.90 Å². The summed E-state index contributed by atoms with van der Waals surface area (Å²) in [6.45, 7) is 4.69. The number of likely N-dealkylation sites (N-methyl/N-ethyl adjacent to an activating group) is 1. The number of pyridine rings is 1. The number of alkyl halides is 3. The van der Waals surface area contributed by atoms with Crippen LogP contribution >= 0.6 is 0 Å². The average Bonchev–Trinajstić information content (AvgIpc) is 3.04. The summed E-state index contributed by atoms with van der Waals surface area (Å²) in [7, 11) is 0. The monoisotopic (exact) mass is 356 g/mol. The van der Waals surface area contributed by atoms with Crippen LogP contribution in [0.15, 0.2) is 23.0 Å². The van der Waals surface area contributed by atoms with Crippen LogP contribution in [0.2, 0.25) is 0 Å². The molecule has 2 aromatic heterocycles. The maximum Gasteiger partial charge on any atom is 0.417 e. The second-order valence-electron chi connectivity index (χ2n) is 5.40. The highest BCUT2D eigenvalue weighted by Gasteiger charge is 2.34. The summed E-state index contributed by atoms with van der Waals surface area (Å²) in [5.74, 6) is 0.0319. The van der Waals surface area contributed by atoms with Crippen molar-refractivity contribution in [3.8, 4) is 11.4 Å². The van der Waals surface area contributed by atoms with E-state index in [1.165, 1.54) is 0 Å². The minimum absolute atomic E-state index is 0.0244. The molecule has 0 saturated heterocycles. The third-order valence-corrected chi connectivity index (χ3v) is 3.63. The lowest BCUT2D eigenvalue weighted by molar-refractivity contribution is -0.137. The Kier molecular flexibility index (Phi) is 6.11. The van der Waals surface area contributed by atoms with Crippen molar-refractivity contribution in [1.82, 2.24) is 20.0 Å². The van der Waals surface area contributed by atoms with Gasteiger partial charge in [0.2, 0.25) is 17.6 Å². The number of nitrogens with zero attached hydrogens (tertiary/aromatic N) is 4. The highest BCUT2D eigenvalue weighted by Crippen LogP contribution is 2.35. The fourth-order valence-electron chi connectivity index (χ4n) is 2.35. The van der Waals surface area contributed by atoms with Crippen molar-refractivity contribution in [3.05, 3.63) is 29.9 Å². The third kappa shape index (κ3) is 4.77. The maximum atomic E-state index is 13.0. The van der Waals surface area contributed by atoms with E-state index in [1.807, 2.05) is 13.8 Å². The first kappa shape index (κ1) is 18.9. The van der Waals surface area contributed by atoms with Gasteiger partial charge in [-0.25, -0.2) is 0 Å². The summed E-state index contributed by atoms with van der Waals surface area (Å²) in [5.41, 5.74) is -1.11. The molecule has 0 fully saturated rings. The van der Waals surface area contributed by atoms with Crippen LogP contribution in [-0.4, -0.2) is 39.0 Å². The highest BCUT2D eigenvalue weighted by atomic mass is 19.4. The largest absolute Gasteiger partial charge is 0.417 e. The van der Waals surface area contributed by atoms with Gasteiger partial charge < -0.3 is 9.42 Å². The molecule has 0 spiro atoms. The van der Waals surface area contributed by atoms with E-state index in [0.29, 0.717) is 19.5 Å². The van der Waals surface area contributed by atoms with Gasteiger partial charge in [0.15, 0.2) is 0 Å². The molecule has 0 aliphatic carbocycles. The second-order valence-corrected chi connectivity index (χ2v) is 5.40. The molecule has 0 N–H and O–H groups in total. The molecule has 0 unspecified atom stereocenters. The van der Waals surface area contributed by atoms with Gasteiger partial charge >= 0.3 is 6.18 Å². The molecule has 0 aliphatic rings. The van der Waals surface area contributed by atoms with Crippen molar-refractivity contribution in [2.75, 3.05) is 13.1 Å². The number of aromatic nitrogens is 3. The molecule has 2 heterocycles. The lowest BCUT2D eigenvalue weighted by atomic mass is 10.1. The van der Waals surface area contributed by atoms with Gasteiger partial charge in [-0.3, -0.25) is 9.78 Å². The Hall–Kier alpha value is -2.45. The Bertz CT molecular complexity index is 715. The third-order valence-electron chi connectivity index (χ3n) is 3.63. The van der Waals surface area contributed by atoms with E-state index in [-0.39, 0.29) is 29.6 Å². The Morgan fingerprint density at radius 3 is 2.72 bits per heavy atom. The molecular formula is C16H19F3N4O2. The van der Waals surface area contributed by atoms with Crippen LogP contribution in [-0.2, 0) is 17.4 Å². The van der Waals surface area contributed by atoms with Gasteiger partial charge in [0.25, 0.3) is 0 Å². The van der Waals surface area contributed by atoms with Crippen LogP contribution in [0.3, 0.4) is 0 Å². The summed E-state index contributed by atoms with van der Waals surface area (Å²) >= 11 is 0. The quantitative estimate of drug-likeness (QED) is 0.761. The number of carbonyl (C=O) groups is 1. The van der Waals surface area contributed by atoms with E-state index >= 15 is 0 Å². The number of hydrogen-bond donors (Lipinski definition) is 0. The van der Waals surface area contributed by atoms with Gasteiger partial charge in [-0.2, -0.15) is 18.2 Å². The lowest BCUT2D eigenvalue weighted by Crippen LogP contribution is -2.32. The molecule has 25 heavy (non-hydrogen) atoms. The molecule has 136 valence electrons. The van der Waals surface area contributed by atoms with Crippen LogP contribution in [0.25, 0.3) is 11.4 Å². The minimum Gasteiger partial charge on any atom is -0.342 e. The Morgan fingerprint density at radius 1 is 1.32 bits per heavy atom. The molecule has 0 radical (unpaired) electrons. The molecule has 6 nitrogen and oxygen atoms in total. The first-order valence-electron chi connectivity index (χ1n) is 7.98. The van der Waals surface area contributed by atoms with Crippen molar-refractivity contribution in [2.45, 2.75) is 39.3 Å². The van der Waals surface area contributed by atoms with Crippen LogP contribution in [0.5, 0.6) is 0 Å². The Labute approximate surface area is 143 Å². The van der Waals surface area contributed by atoms with Crippen LogP contribution in [0, 0.1) is 0 Å². The van der Waals surface area contributed by atoms with Crippen molar-refractivity contribution >= 4 is 5.91 Å². The predicted molar refractivity (Wildman–Crippen MR) is 83.4 cm³/mol. The topological polar surface area (TPSA) is 72.1 Å². The van der Waals surface area contributed by atoms with Gasteiger partial charge in [0.05, 0.1) is 11.1 Å². The SMILES string of the molecule is CCCC(=O)N(CC)CCc1nc(-c2cnccc2C(F)(F)F)no1. The van der Waals surface area contributed by atoms with Crippen molar-refractivity contribution < 1.29 is 22.5 Å². The Balaban J connectivity index is 2.12. The van der Waals surface area contributed by atoms with Crippen molar-refractivity contribution in [2.24, 2.45) is 0 Å². The minimum atomic E-state index is -4.54. The molecule has 2 aromatic rings. The zero-order valence-corrected chi connectivity index (χ0v) is 14.0. The van der Waals surface area contributed by atoms with Crippen LogP contribution < -0.4 is 0 Å². The number of halogens is 3. The molecule has 0 aliphatic heterocycles. The first-order valence-corrected chi connectivity index (χ1v) is 7.98. The predicted octanol–water partition coefficient (Wildman–Crippen LogP) is 3.34. The molecular weight excluding hydrogens is 337 g/mol. The van der Waals surface area contributed by atoms with E-state index in [9.17, 15) is 18.0 Å². The normalized spacial score (nSPS) is 11.6. The van der Waals surface area contributed by atoms with Gasteiger partial charge in [-0.15, -0.1) is 0 Å². The number of carbonyl (C=O) groups excluding carboxylic acids is 1. The van der Waals surface area contributed by atoms with Crippen LogP contribution in [0.1, 0.15) is 38.1 Å². The number of rotatable bonds is 7. The summed E-state index contributed by atoms with van der Waals surface area (Å²) in [6.07, 6.45) is -0.941. The zero-order valence-electron chi connectivity index (χ0n) is 14.0. The van der Waals surface area contributed by atoms with E-state index in [4.69, 9.17) is 4.52 Å². The smallest absolute Gasteiger partial charge is 0.342 e. The summed E-state index contributed by atoms with van der Waals surface area (Å²) in [4.78, 5) is 21.3. The van der Waals surface area contributed by atoms with E-state index < -0.39 is 11.7 Å². The van der Waals surface area contributed by atoms with E-state index in [0.717, 1.165) is 24.9 Å². The first-order chi connectivity index (χ1) is 11.9. The second kappa shape index (κ2) is 8.09. The van der Waals surface area contributed by atoms with Gasteiger partial charge in [0, 0.05) is 38.3 Å². The van der Waals surface area contributed by atoms with Gasteiger partial charge in [-0.05, 0) is 19.4 Å². The zero-order chi connectivity index (χ0) is 18.4. The standard InChI is InChI=1S/C16H19F3N4O2/c1-3-5-14(24)23(4-2)9-7-13-21-15(22-25-13)11-10-20-8-6-12(11)16(17,18)19/h6,8,10H,3-5,7,9H2,1-2H3. The average molecular weight is 356 g/mol. The molecule has 0 aromatic carbocycles. The Morgan fingerprint density at radius 2 is 2.08 bits per heavy atom. The van der Waals surface area contributed by atoms with Crippen molar-refractivity contribution in [1.29, 1.82) is 0 Å². The lowest BCUT2D eigenvalue weighted by Gasteiger charge is -2.19. The van der Waals surface area contributed by atoms with Gasteiger partial charge in [-0.1, -0.05) is 12.1 Å². The number of hydrogen-bond acceptors (Lipinski definition) is 5. The fourth-order valence-corrected chi connectivity index (χ4v) is 2.35. The van der Waals surface area contributed by atoms with Gasteiger partial charge in [0.1, 0.15) is 0 Å². The molecule has 0 atom stereocenters. The van der Waals surface area contributed by atoms with Crippen LogP contribution in [0.4, 0.5) is 13.2 Å². The maximum absolute atomic E-state index is 13.0. The molecule has 9 heteroatoms. The molecule has 2 rings (SSSR count). The van der Waals surface area contributed by atoms with E-state index in [2.05, 4.69) is 15.1 Å².